The van der Waals surface area contributed by atoms with Crippen LogP contribution in [0.4, 0.5) is 5.69 Å². The lowest BCUT2D eigenvalue weighted by Crippen LogP contribution is -2.49. The van der Waals surface area contributed by atoms with Crippen LogP contribution in [-0.2, 0) is 16.1 Å². The first-order chi connectivity index (χ1) is 16.8. The number of benzene rings is 3. The fourth-order valence-electron chi connectivity index (χ4n) is 4.53. The molecular formula is C28H30ClN3O3. The monoisotopic (exact) mass is 491 g/mol. The Labute approximate surface area is 210 Å². The van der Waals surface area contributed by atoms with Gasteiger partial charge < -0.3 is 15.1 Å². The van der Waals surface area contributed by atoms with Crippen molar-refractivity contribution < 1.29 is 14.4 Å². The largest absolute Gasteiger partial charge is 0.352 e. The summed E-state index contributed by atoms with van der Waals surface area (Å²) in [5.74, 6) is -0.405. The summed E-state index contributed by atoms with van der Waals surface area (Å²) in [7, 11) is 0. The van der Waals surface area contributed by atoms with Crippen LogP contribution in [-0.4, -0.2) is 41.2 Å². The minimum atomic E-state index is -0.660. The van der Waals surface area contributed by atoms with E-state index >= 15 is 0 Å². The highest BCUT2D eigenvalue weighted by atomic mass is 35.5. The van der Waals surface area contributed by atoms with Gasteiger partial charge in [0.25, 0.3) is 5.91 Å². The molecule has 182 valence electrons. The van der Waals surface area contributed by atoms with Crippen LogP contribution in [0.2, 0.25) is 5.02 Å². The number of hydrogen-bond acceptors (Lipinski definition) is 3. The van der Waals surface area contributed by atoms with Crippen LogP contribution < -0.4 is 10.2 Å². The molecule has 0 fully saturated rings. The van der Waals surface area contributed by atoms with Gasteiger partial charge in [0.05, 0.1) is 5.69 Å². The van der Waals surface area contributed by atoms with Crippen LogP contribution in [0.5, 0.6) is 0 Å². The van der Waals surface area contributed by atoms with Gasteiger partial charge in [0, 0.05) is 41.5 Å². The molecule has 0 aromatic heterocycles. The molecule has 1 atom stereocenters. The molecule has 1 heterocycles. The SMILES string of the molecule is CC(C)NC(=O)[C@H](C)N(Cc1ccccc1Cl)C(=O)CCCN1C(=O)c2cccc3cccc1c23. The Morgan fingerprint density at radius 2 is 1.71 bits per heavy atom. The summed E-state index contributed by atoms with van der Waals surface area (Å²) < 4.78 is 0. The van der Waals surface area contributed by atoms with E-state index in [1.54, 1.807) is 22.8 Å². The number of halogens is 1. The van der Waals surface area contributed by atoms with E-state index in [2.05, 4.69) is 5.32 Å². The lowest BCUT2D eigenvalue weighted by Gasteiger charge is -2.30. The summed E-state index contributed by atoms with van der Waals surface area (Å²) in [6.07, 6.45) is 0.687. The zero-order valence-electron chi connectivity index (χ0n) is 20.3. The third-order valence-corrected chi connectivity index (χ3v) is 6.69. The smallest absolute Gasteiger partial charge is 0.258 e. The van der Waals surface area contributed by atoms with Crippen molar-refractivity contribution in [1.29, 1.82) is 0 Å². The molecule has 3 amide bonds. The standard InChI is InChI=1S/C28H30ClN3O3/c1-18(2)30-27(34)19(3)32(17-21-9-4-5-13-23(21)29)25(33)15-8-16-31-24-14-7-11-20-10-6-12-22(26(20)24)28(31)35/h4-7,9-14,18-19H,8,15-17H2,1-3H3,(H,30,34)/t19-/m0/s1. The summed E-state index contributed by atoms with van der Waals surface area (Å²) in [6, 6.07) is 18.3. The number of carbonyl (C=O) groups excluding carboxylic acids is 3. The Bertz CT molecular complexity index is 1270. The van der Waals surface area contributed by atoms with Crippen molar-refractivity contribution >= 4 is 45.8 Å². The van der Waals surface area contributed by atoms with Gasteiger partial charge >= 0.3 is 0 Å². The summed E-state index contributed by atoms with van der Waals surface area (Å²) in [4.78, 5) is 42.4. The predicted molar refractivity (Wildman–Crippen MR) is 140 cm³/mol. The molecule has 1 N–H and O–H groups in total. The average molecular weight is 492 g/mol. The van der Waals surface area contributed by atoms with E-state index in [1.807, 2.05) is 68.4 Å². The predicted octanol–water partition coefficient (Wildman–Crippen LogP) is 5.18. The highest BCUT2D eigenvalue weighted by Gasteiger charge is 2.30. The molecule has 35 heavy (non-hydrogen) atoms. The molecule has 6 nitrogen and oxygen atoms in total. The molecule has 0 unspecified atom stereocenters. The third-order valence-electron chi connectivity index (χ3n) is 6.32. The minimum absolute atomic E-state index is 0.0345. The molecule has 0 spiro atoms. The van der Waals surface area contributed by atoms with E-state index < -0.39 is 6.04 Å². The Hall–Kier alpha value is -3.38. The molecule has 0 radical (unpaired) electrons. The Balaban J connectivity index is 1.47. The highest BCUT2D eigenvalue weighted by Crippen LogP contribution is 2.37. The van der Waals surface area contributed by atoms with Gasteiger partial charge in [0.15, 0.2) is 0 Å². The second kappa shape index (κ2) is 10.5. The lowest BCUT2D eigenvalue weighted by atomic mass is 10.1. The van der Waals surface area contributed by atoms with Crippen molar-refractivity contribution in [2.45, 2.75) is 52.2 Å². The zero-order chi connectivity index (χ0) is 25.1. The molecule has 1 aliphatic heterocycles. The number of rotatable bonds is 9. The minimum Gasteiger partial charge on any atom is -0.352 e. The number of carbonyl (C=O) groups is 3. The number of hydrogen-bond donors (Lipinski definition) is 1. The van der Waals surface area contributed by atoms with Crippen LogP contribution in [0, 0.1) is 0 Å². The Morgan fingerprint density at radius 3 is 2.43 bits per heavy atom. The van der Waals surface area contributed by atoms with Gasteiger partial charge in [-0.3, -0.25) is 14.4 Å². The molecule has 3 aromatic rings. The zero-order valence-corrected chi connectivity index (χ0v) is 21.0. The van der Waals surface area contributed by atoms with Crippen LogP contribution in [0.15, 0.2) is 60.7 Å². The van der Waals surface area contributed by atoms with E-state index in [9.17, 15) is 14.4 Å². The van der Waals surface area contributed by atoms with Crippen molar-refractivity contribution in [3.63, 3.8) is 0 Å². The topological polar surface area (TPSA) is 69.7 Å². The first-order valence-corrected chi connectivity index (χ1v) is 12.3. The maximum absolute atomic E-state index is 13.4. The summed E-state index contributed by atoms with van der Waals surface area (Å²) in [6.45, 7) is 6.16. The van der Waals surface area contributed by atoms with Crippen molar-refractivity contribution in [2.75, 3.05) is 11.4 Å². The summed E-state index contributed by atoms with van der Waals surface area (Å²) in [5, 5.41) is 5.43. The van der Waals surface area contributed by atoms with Gasteiger partial charge in [-0.2, -0.15) is 0 Å². The van der Waals surface area contributed by atoms with Gasteiger partial charge in [0.2, 0.25) is 11.8 Å². The van der Waals surface area contributed by atoms with E-state index in [0.29, 0.717) is 23.6 Å². The van der Waals surface area contributed by atoms with E-state index in [0.717, 1.165) is 22.0 Å². The molecule has 1 aliphatic rings. The number of anilines is 1. The maximum Gasteiger partial charge on any atom is 0.258 e. The summed E-state index contributed by atoms with van der Waals surface area (Å²) >= 11 is 6.35. The number of nitrogens with zero attached hydrogens (tertiary/aromatic N) is 2. The van der Waals surface area contributed by atoms with Gasteiger partial charge in [-0.25, -0.2) is 0 Å². The van der Waals surface area contributed by atoms with Gasteiger partial charge in [-0.15, -0.1) is 0 Å². The van der Waals surface area contributed by atoms with Crippen LogP contribution >= 0.6 is 11.6 Å². The van der Waals surface area contributed by atoms with Crippen LogP contribution in [0.25, 0.3) is 10.8 Å². The van der Waals surface area contributed by atoms with Gasteiger partial charge in [-0.05, 0) is 56.3 Å². The molecular weight excluding hydrogens is 462 g/mol. The fraction of sp³-hybridized carbons (Fsp3) is 0.321. The molecule has 0 saturated heterocycles. The quantitative estimate of drug-likeness (QED) is 0.448. The van der Waals surface area contributed by atoms with Crippen molar-refractivity contribution in [2.24, 2.45) is 0 Å². The second-order valence-electron chi connectivity index (χ2n) is 9.19. The van der Waals surface area contributed by atoms with Gasteiger partial charge in [-0.1, -0.05) is 54.1 Å². The van der Waals surface area contributed by atoms with Crippen molar-refractivity contribution in [1.82, 2.24) is 10.2 Å². The second-order valence-corrected chi connectivity index (χ2v) is 9.60. The molecule has 4 rings (SSSR count). The normalized spacial score (nSPS) is 13.4. The first kappa shape index (κ1) is 24.7. The third kappa shape index (κ3) is 5.17. The van der Waals surface area contributed by atoms with E-state index in [1.165, 1.54) is 0 Å². The molecule has 3 aromatic carbocycles. The van der Waals surface area contributed by atoms with Crippen LogP contribution in [0.1, 0.15) is 49.5 Å². The van der Waals surface area contributed by atoms with Gasteiger partial charge in [0.1, 0.15) is 6.04 Å². The fourth-order valence-corrected chi connectivity index (χ4v) is 4.73. The van der Waals surface area contributed by atoms with Crippen molar-refractivity contribution in [3.05, 3.63) is 76.8 Å². The Kier molecular flexibility index (Phi) is 7.41. The van der Waals surface area contributed by atoms with E-state index in [-0.39, 0.29) is 36.7 Å². The lowest BCUT2D eigenvalue weighted by molar-refractivity contribution is -0.140. The summed E-state index contributed by atoms with van der Waals surface area (Å²) in [5.41, 5.74) is 2.36. The number of nitrogens with one attached hydrogen (secondary N) is 1. The molecule has 7 heteroatoms. The highest BCUT2D eigenvalue weighted by molar-refractivity contribution is 6.31. The average Bonchev–Trinajstić information content (AvgIpc) is 3.10. The number of amides is 3. The van der Waals surface area contributed by atoms with E-state index in [4.69, 9.17) is 11.6 Å². The molecule has 0 bridgehead atoms. The molecule has 0 saturated carbocycles. The Morgan fingerprint density at radius 1 is 1.00 bits per heavy atom. The van der Waals surface area contributed by atoms with Crippen molar-refractivity contribution in [3.8, 4) is 0 Å². The van der Waals surface area contributed by atoms with Crippen LogP contribution in [0.3, 0.4) is 0 Å². The molecule has 0 aliphatic carbocycles. The maximum atomic E-state index is 13.4. The first-order valence-electron chi connectivity index (χ1n) is 11.9.